The summed E-state index contributed by atoms with van der Waals surface area (Å²) in [7, 11) is 0. The first-order valence-electron chi connectivity index (χ1n) is 8.14. The first-order valence-corrected chi connectivity index (χ1v) is 8.14. The average Bonchev–Trinajstić information content (AvgIpc) is 3.36. The molecule has 124 valence electrons. The lowest BCUT2D eigenvalue weighted by Crippen LogP contribution is -2.39. The zero-order valence-electron chi connectivity index (χ0n) is 13.3. The molecule has 3 aromatic rings. The third kappa shape index (κ3) is 2.97. The van der Waals surface area contributed by atoms with E-state index < -0.39 is 0 Å². The van der Waals surface area contributed by atoms with Crippen molar-refractivity contribution in [2.24, 2.45) is 5.92 Å². The predicted molar refractivity (Wildman–Crippen MR) is 87.1 cm³/mol. The van der Waals surface area contributed by atoms with Crippen LogP contribution in [0.2, 0.25) is 0 Å². The summed E-state index contributed by atoms with van der Waals surface area (Å²) in [6, 6.07) is 5.39. The highest BCUT2D eigenvalue weighted by molar-refractivity contribution is 5.93. The van der Waals surface area contributed by atoms with Crippen molar-refractivity contribution in [1.29, 1.82) is 0 Å². The van der Waals surface area contributed by atoms with Crippen molar-refractivity contribution >= 4 is 5.91 Å². The number of carbonyl (C=O) groups excluding carboxylic acids is 1. The Bertz CT molecular complexity index is 783. The Morgan fingerprint density at radius 3 is 2.96 bits per heavy atom. The normalized spacial score (nSPS) is 15.8. The molecule has 4 heterocycles. The van der Waals surface area contributed by atoms with Gasteiger partial charge in [0.1, 0.15) is 5.69 Å². The standard InChI is InChI=1S/C17H19N5O2/c23-17(15-10-14(19-20-15)16-2-1-9-24-16)22-6-3-13(4-7-22)11-21-8-5-18-12-21/h1-2,5,8-10,12-13H,3-4,6-7,11H2,(H,19,20). The van der Waals surface area contributed by atoms with E-state index in [1.165, 1.54) is 0 Å². The maximum atomic E-state index is 12.6. The van der Waals surface area contributed by atoms with Crippen LogP contribution in [-0.2, 0) is 6.54 Å². The number of nitrogens with zero attached hydrogens (tertiary/aromatic N) is 4. The van der Waals surface area contributed by atoms with E-state index in [-0.39, 0.29) is 5.91 Å². The monoisotopic (exact) mass is 325 g/mol. The maximum Gasteiger partial charge on any atom is 0.274 e. The first-order chi connectivity index (χ1) is 11.8. The van der Waals surface area contributed by atoms with Gasteiger partial charge in [0.05, 0.1) is 12.6 Å². The number of hydrogen-bond acceptors (Lipinski definition) is 4. The third-order valence-corrected chi connectivity index (χ3v) is 4.51. The number of amides is 1. The molecule has 1 N–H and O–H groups in total. The Kier molecular flexibility index (Phi) is 3.90. The number of imidazole rings is 1. The van der Waals surface area contributed by atoms with E-state index in [4.69, 9.17) is 4.42 Å². The molecule has 7 heteroatoms. The fourth-order valence-electron chi connectivity index (χ4n) is 3.16. The molecular formula is C17H19N5O2. The van der Waals surface area contributed by atoms with Crippen LogP contribution >= 0.6 is 0 Å². The zero-order valence-corrected chi connectivity index (χ0v) is 13.3. The molecule has 0 aromatic carbocycles. The van der Waals surface area contributed by atoms with Crippen molar-refractivity contribution in [3.63, 3.8) is 0 Å². The smallest absolute Gasteiger partial charge is 0.274 e. The van der Waals surface area contributed by atoms with Crippen molar-refractivity contribution in [1.82, 2.24) is 24.6 Å². The van der Waals surface area contributed by atoms with Crippen LogP contribution in [0.3, 0.4) is 0 Å². The summed E-state index contributed by atoms with van der Waals surface area (Å²) < 4.78 is 7.42. The number of aromatic amines is 1. The Labute approximate surface area is 139 Å². The van der Waals surface area contributed by atoms with Gasteiger partial charge < -0.3 is 13.9 Å². The molecule has 24 heavy (non-hydrogen) atoms. The molecule has 1 amide bonds. The van der Waals surface area contributed by atoms with Gasteiger partial charge in [0.15, 0.2) is 11.5 Å². The summed E-state index contributed by atoms with van der Waals surface area (Å²) in [5.74, 6) is 1.24. The Hall–Kier alpha value is -2.83. The minimum absolute atomic E-state index is 0.0230. The molecule has 1 saturated heterocycles. The Morgan fingerprint density at radius 1 is 1.38 bits per heavy atom. The summed E-state index contributed by atoms with van der Waals surface area (Å²) in [5.41, 5.74) is 1.16. The number of nitrogens with one attached hydrogen (secondary N) is 1. The lowest BCUT2D eigenvalue weighted by Gasteiger charge is -2.31. The van der Waals surface area contributed by atoms with Crippen LogP contribution in [0.15, 0.2) is 47.6 Å². The fraction of sp³-hybridized carbons (Fsp3) is 0.353. The van der Waals surface area contributed by atoms with Gasteiger partial charge in [0.2, 0.25) is 0 Å². The van der Waals surface area contributed by atoms with Gasteiger partial charge in [-0.3, -0.25) is 9.89 Å². The van der Waals surface area contributed by atoms with E-state index in [1.807, 2.05) is 29.6 Å². The number of carbonyl (C=O) groups is 1. The number of likely N-dealkylation sites (tertiary alicyclic amines) is 1. The minimum Gasteiger partial charge on any atom is -0.463 e. The largest absolute Gasteiger partial charge is 0.463 e. The van der Waals surface area contributed by atoms with E-state index in [0.29, 0.717) is 17.4 Å². The second-order valence-corrected chi connectivity index (χ2v) is 6.14. The molecule has 0 aliphatic carbocycles. The molecule has 1 aliphatic heterocycles. The van der Waals surface area contributed by atoms with Gasteiger partial charge in [0, 0.05) is 38.1 Å². The molecule has 7 nitrogen and oxygen atoms in total. The molecule has 4 rings (SSSR count). The minimum atomic E-state index is -0.0230. The predicted octanol–water partition coefficient (Wildman–Crippen LogP) is 2.42. The summed E-state index contributed by atoms with van der Waals surface area (Å²) >= 11 is 0. The van der Waals surface area contributed by atoms with Gasteiger partial charge in [-0.2, -0.15) is 5.10 Å². The topological polar surface area (TPSA) is 80.0 Å². The van der Waals surface area contributed by atoms with Gasteiger partial charge in [-0.25, -0.2) is 4.98 Å². The van der Waals surface area contributed by atoms with Crippen molar-refractivity contribution in [3.8, 4) is 11.5 Å². The van der Waals surface area contributed by atoms with Crippen LogP contribution in [0.1, 0.15) is 23.3 Å². The SMILES string of the molecule is O=C(c1cc(-c2ccco2)[nH]n1)N1CCC(Cn2ccnc2)CC1. The quantitative estimate of drug-likeness (QED) is 0.799. The molecular weight excluding hydrogens is 306 g/mol. The molecule has 1 aliphatic rings. The van der Waals surface area contributed by atoms with Crippen molar-refractivity contribution in [2.75, 3.05) is 13.1 Å². The summed E-state index contributed by atoms with van der Waals surface area (Å²) in [6.07, 6.45) is 9.23. The molecule has 0 saturated carbocycles. The van der Waals surface area contributed by atoms with Gasteiger partial charge in [-0.1, -0.05) is 0 Å². The Balaban J connectivity index is 1.36. The number of aromatic nitrogens is 4. The van der Waals surface area contributed by atoms with E-state index in [0.717, 1.165) is 38.2 Å². The highest BCUT2D eigenvalue weighted by Crippen LogP contribution is 2.22. The van der Waals surface area contributed by atoms with Gasteiger partial charge >= 0.3 is 0 Å². The lowest BCUT2D eigenvalue weighted by atomic mass is 9.96. The van der Waals surface area contributed by atoms with E-state index in [2.05, 4.69) is 19.7 Å². The summed E-state index contributed by atoms with van der Waals surface area (Å²) in [6.45, 7) is 2.50. The van der Waals surface area contributed by atoms with Crippen molar-refractivity contribution < 1.29 is 9.21 Å². The van der Waals surface area contributed by atoms with Gasteiger partial charge in [-0.15, -0.1) is 0 Å². The van der Waals surface area contributed by atoms with E-state index in [9.17, 15) is 4.79 Å². The van der Waals surface area contributed by atoms with Crippen molar-refractivity contribution in [2.45, 2.75) is 19.4 Å². The number of H-pyrrole nitrogens is 1. The molecule has 0 bridgehead atoms. The molecule has 0 atom stereocenters. The van der Waals surface area contributed by atoms with Crippen LogP contribution in [0, 0.1) is 5.92 Å². The molecule has 0 spiro atoms. The molecule has 3 aromatic heterocycles. The first kappa shape index (κ1) is 14.7. The van der Waals surface area contributed by atoms with Gasteiger partial charge in [-0.05, 0) is 30.9 Å². The van der Waals surface area contributed by atoms with Crippen molar-refractivity contribution in [3.05, 3.63) is 48.9 Å². The average molecular weight is 325 g/mol. The number of piperidine rings is 1. The number of rotatable bonds is 4. The van der Waals surface area contributed by atoms with Crippen LogP contribution in [0.25, 0.3) is 11.5 Å². The second-order valence-electron chi connectivity index (χ2n) is 6.14. The van der Waals surface area contributed by atoms with Crippen LogP contribution in [-0.4, -0.2) is 43.6 Å². The zero-order chi connectivity index (χ0) is 16.4. The van der Waals surface area contributed by atoms with Crippen LogP contribution < -0.4 is 0 Å². The summed E-state index contributed by atoms with van der Waals surface area (Å²) in [5, 5.41) is 7.00. The number of hydrogen-bond donors (Lipinski definition) is 1. The van der Waals surface area contributed by atoms with Gasteiger partial charge in [0.25, 0.3) is 5.91 Å². The maximum absolute atomic E-state index is 12.6. The second kappa shape index (κ2) is 6.35. The van der Waals surface area contributed by atoms with E-state index in [1.54, 1.807) is 18.5 Å². The Morgan fingerprint density at radius 2 is 2.25 bits per heavy atom. The van der Waals surface area contributed by atoms with Crippen LogP contribution in [0.4, 0.5) is 0 Å². The van der Waals surface area contributed by atoms with Crippen LogP contribution in [0.5, 0.6) is 0 Å². The highest BCUT2D eigenvalue weighted by atomic mass is 16.3. The summed E-state index contributed by atoms with van der Waals surface area (Å²) in [4.78, 5) is 18.6. The third-order valence-electron chi connectivity index (χ3n) is 4.51. The highest BCUT2D eigenvalue weighted by Gasteiger charge is 2.25. The molecule has 0 radical (unpaired) electrons. The van der Waals surface area contributed by atoms with E-state index >= 15 is 0 Å². The molecule has 0 unspecified atom stereocenters. The molecule has 1 fully saturated rings. The fourth-order valence-corrected chi connectivity index (χ4v) is 3.16. The number of furan rings is 1. The lowest BCUT2D eigenvalue weighted by molar-refractivity contribution is 0.0677.